The van der Waals surface area contributed by atoms with Crippen LogP contribution in [0.1, 0.15) is 45.9 Å². The molecule has 2 N–H and O–H groups in total. The summed E-state index contributed by atoms with van der Waals surface area (Å²) in [4.78, 5) is 17.1. The number of benzene rings is 1. The molecule has 2 unspecified atom stereocenters. The zero-order valence-electron chi connectivity index (χ0n) is 16.7. The largest absolute Gasteiger partial charge is 0.472 e. The van der Waals surface area contributed by atoms with Gasteiger partial charge in [0.1, 0.15) is 6.26 Å². The van der Waals surface area contributed by atoms with Crippen molar-refractivity contribution in [2.24, 2.45) is 0 Å². The van der Waals surface area contributed by atoms with Crippen LogP contribution in [0.4, 0.5) is 0 Å². The van der Waals surface area contributed by atoms with Crippen molar-refractivity contribution in [2.45, 2.75) is 37.0 Å². The van der Waals surface area contributed by atoms with Crippen LogP contribution in [0.2, 0.25) is 0 Å². The van der Waals surface area contributed by atoms with E-state index in [1.807, 2.05) is 24.4 Å². The second-order valence-electron chi connectivity index (χ2n) is 8.05. The summed E-state index contributed by atoms with van der Waals surface area (Å²) in [5.74, 6) is -0.149. The third-order valence-corrected chi connectivity index (χ3v) is 6.40. The van der Waals surface area contributed by atoms with Gasteiger partial charge >= 0.3 is 0 Å². The lowest BCUT2D eigenvalue weighted by atomic mass is 9.72. The zero-order valence-corrected chi connectivity index (χ0v) is 16.7. The first-order chi connectivity index (χ1) is 14.8. The van der Waals surface area contributed by atoms with Crippen LogP contribution in [0.3, 0.4) is 0 Å². The quantitative estimate of drug-likeness (QED) is 0.683. The van der Waals surface area contributed by atoms with Crippen LogP contribution in [0.25, 0.3) is 0 Å². The molecule has 30 heavy (non-hydrogen) atoms. The van der Waals surface area contributed by atoms with E-state index in [2.05, 4.69) is 33.8 Å². The minimum absolute atomic E-state index is 0.127. The number of ether oxygens (including phenoxy) is 1. The van der Waals surface area contributed by atoms with Crippen LogP contribution < -0.4 is 10.6 Å². The van der Waals surface area contributed by atoms with E-state index in [0.717, 1.165) is 37.1 Å². The van der Waals surface area contributed by atoms with Crippen molar-refractivity contribution in [2.75, 3.05) is 13.1 Å². The molecule has 2 aromatic heterocycles. The van der Waals surface area contributed by atoms with Crippen molar-refractivity contribution < 1.29 is 13.9 Å². The van der Waals surface area contributed by atoms with Gasteiger partial charge in [0.05, 0.1) is 30.6 Å². The fraction of sp³-hybridized carbons (Fsp3) is 0.333. The normalized spacial score (nSPS) is 22.0. The average Bonchev–Trinajstić information content (AvgIpc) is 3.41. The smallest absolute Gasteiger partial charge is 0.255 e. The number of amides is 1. The van der Waals surface area contributed by atoms with E-state index in [1.54, 1.807) is 12.3 Å². The average molecular weight is 403 g/mol. The standard InChI is InChI=1S/C24H25N3O3/c28-23(18-7-13-29-16-18)27-21-19-5-1-2-6-20(19)24(8-11-25-12-9-24)22(21)30-15-17-4-3-10-26-14-17/h1-7,10,13-14,16,21-22,25H,8-9,11-12,15H2,(H,27,28). The van der Waals surface area contributed by atoms with E-state index in [0.29, 0.717) is 12.2 Å². The van der Waals surface area contributed by atoms with Crippen molar-refractivity contribution in [3.05, 3.63) is 89.6 Å². The van der Waals surface area contributed by atoms with Gasteiger partial charge < -0.3 is 19.8 Å². The number of rotatable bonds is 5. The van der Waals surface area contributed by atoms with E-state index in [-0.39, 0.29) is 23.5 Å². The number of nitrogens with one attached hydrogen (secondary N) is 2. The maximum atomic E-state index is 12.9. The molecule has 154 valence electrons. The van der Waals surface area contributed by atoms with Crippen molar-refractivity contribution >= 4 is 5.91 Å². The molecule has 2 atom stereocenters. The van der Waals surface area contributed by atoms with Gasteiger partial charge in [0.15, 0.2) is 0 Å². The molecule has 1 fully saturated rings. The van der Waals surface area contributed by atoms with Crippen molar-refractivity contribution in [3.63, 3.8) is 0 Å². The fourth-order valence-corrected chi connectivity index (χ4v) is 4.98. The van der Waals surface area contributed by atoms with Crippen LogP contribution in [0.15, 0.2) is 71.8 Å². The van der Waals surface area contributed by atoms with Crippen LogP contribution in [-0.2, 0) is 16.8 Å². The van der Waals surface area contributed by atoms with Crippen molar-refractivity contribution in [1.29, 1.82) is 0 Å². The van der Waals surface area contributed by atoms with Gasteiger partial charge in [0, 0.05) is 17.8 Å². The predicted molar refractivity (Wildman–Crippen MR) is 112 cm³/mol. The lowest BCUT2D eigenvalue weighted by Gasteiger charge is -2.41. The lowest BCUT2D eigenvalue weighted by molar-refractivity contribution is -0.0363. The van der Waals surface area contributed by atoms with Crippen molar-refractivity contribution in [3.8, 4) is 0 Å². The molecule has 0 saturated carbocycles. The number of hydrogen-bond acceptors (Lipinski definition) is 5. The summed E-state index contributed by atoms with van der Waals surface area (Å²) in [6, 6.07) is 13.8. The third kappa shape index (κ3) is 3.32. The van der Waals surface area contributed by atoms with E-state index in [1.165, 1.54) is 18.1 Å². The number of piperidine rings is 1. The molecule has 6 nitrogen and oxygen atoms in total. The van der Waals surface area contributed by atoms with Gasteiger partial charge in [0.2, 0.25) is 0 Å². The Morgan fingerprint density at radius 2 is 2.07 bits per heavy atom. The summed E-state index contributed by atoms with van der Waals surface area (Å²) < 4.78 is 11.7. The predicted octanol–water partition coefficient (Wildman–Crippen LogP) is 3.37. The summed E-state index contributed by atoms with van der Waals surface area (Å²) in [5.41, 5.74) is 3.85. The van der Waals surface area contributed by atoms with E-state index in [4.69, 9.17) is 9.15 Å². The molecule has 0 bridgehead atoms. The lowest BCUT2D eigenvalue weighted by Crippen LogP contribution is -2.49. The summed E-state index contributed by atoms with van der Waals surface area (Å²) in [6.07, 6.45) is 8.37. The second-order valence-corrected chi connectivity index (χ2v) is 8.05. The van der Waals surface area contributed by atoms with E-state index in [9.17, 15) is 4.79 Å². The van der Waals surface area contributed by atoms with Gasteiger partial charge in [-0.2, -0.15) is 0 Å². The van der Waals surface area contributed by atoms with Gasteiger partial charge in [-0.25, -0.2) is 0 Å². The Bertz CT molecular complexity index is 998. The first kappa shape index (κ1) is 19.0. The highest BCUT2D eigenvalue weighted by molar-refractivity contribution is 5.94. The van der Waals surface area contributed by atoms with Crippen LogP contribution in [0, 0.1) is 0 Å². The maximum absolute atomic E-state index is 12.9. The summed E-state index contributed by atoms with van der Waals surface area (Å²) in [7, 11) is 0. The molecule has 1 aromatic carbocycles. The number of carbonyl (C=O) groups excluding carboxylic acids is 1. The molecule has 1 amide bonds. The Kier molecular flexibility index (Phi) is 5.11. The number of furan rings is 1. The van der Waals surface area contributed by atoms with Gasteiger partial charge in [0.25, 0.3) is 5.91 Å². The van der Waals surface area contributed by atoms with Crippen LogP contribution in [0.5, 0.6) is 0 Å². The van der Waals surface area contributed by atoms with Gasteiger partial charge in [-0.3, -0.25) is 9.78 Å². The molecular formula is C24H25N3O3. The third-order valence-electron chi connectivity index (χ3n) is 6.40. The molecular weight excluding hydrogens is 378 g/mol. The first-order valence-electron chi connectivity index (χ1n) is 10.4. The first-order valence-corrected chi connectivity index (χ1v) is 10.4. The molecule has 2 aliphatic rings. The molecule has 1 aliphatic carbocycles. The molecule has 0 radical (unpaired) electrons. The summed E-state index contributed by atoms with van der Waals surface area (Å²) in [5, 5.41) is 6.71. The van der Waals surface area contributed by atoms with E-state index < -0.39 is 0 Å². The summed E-state index contributed by atoms with van der Waals surface area (Å²) >= 11 is 0. The van der Waals surface area contributed by atoms with E-state index >= 15 is 0 Å². The highest BCUT2D eigenvalue weighted by Crippen LogP contribution is 2.51. The Hall–Kier alpha value is -2.96. The number of nitrogens with zero attached hydrogens (tertiary/aromatic N) is 1. The molecule has 3 heterocycles. The molecule has 5 rings (SSSR count). The molecule has 1 saturated heterocycles. The Labute approximate surface area is 175 Å². The SMILES string of the molecule is O=C(NC1c2ccccc2C2(CCNCC2)C1OCc1cccnc1)c1ccoc1. The Morgan fingerprint density at radius 3 is 2.83 bits per heavy atom. The maximum Gasteiger partial charge on any atom is 0.255 e. The number of carbonyl (C=O) groups is 1. The van der Waals surface area contributed by atoms with Crippen LogP contribution >= 0.6 is 0 Å². The van der Waals surface area contributed by atoms with Gasteiger partial charge in [-0.1, -0.05) is 30.3 Å². The van der Waals surface area contributed by atoms with Crippen LogP contribution in [-0.4, -0.2) is 30.1 Å². The number of aromatic nitrogens is 1. The minimum Gasteiger partial charge on any atom is -0.472 e. The van der Waals surface area contributed by atoms with Gasteiger partial charge in [-0.15, -0.1) is 0 Å². The molecule has 3 aromatic rings. The Balaban J connectivity index is 1.50. The van der Waals surface area contributed by atoms with Crippen molar-refractivity contribution in [1.82, 2.24) is 15.6 Å². The number of fused-ring (bicyclic) bond motifs is 2. The minimum atomic E-state index is -0.224. The highest BCUT2D eigenvalue weighted by atomic mass is 16.5. The number of hydrogen-bond donors (Lipinski definition) is 2. The fourth-order valence-electron chi connectivity index (χ4n) is 4.98. The molecule has 1 aliphatic heterocycles. The number of pyridine rings is 1. The molecule has 1 spiro atoms. The monoisotopic (exact) mass is 403 g/mol. The van der Waals surface area contributed by atoms with Gasteiger partial charge in [-0.05, 0) is 54.8 Å². The second kappa shape index (κ2) is 8.05. The summed E-state index contributed by atoms with van der Waals surface area (Å²) in [6.45, 7) is 2.33. The highest BCUT2D eigenvalue weighted by Gasteiger charge is 2.53. The zero-order chi connectivity index (χ0) is 20.4. The molecule has 6 heteroatoms. The Morgan fingerprint density at radius 1 is 1.20 bits per heavy atom. The topological polar surface area (TPSA) is 76.4 Å².